The van der Waals surface area contributed by atoms with Gasteiger partial charge in [0.05, 0.1) is 25.6 Å². The third kappa shape index (κ3) is 7.15. The fourth-order valence-electron chi connectivity index (χ4n) is 3.32. The van der Waals surface area contributed by atoms with E-state index in [4.69, 9.17) is 9.47 Å². The van der Waals surface area contributed by atoms with E-state index in [2.05, 4.69) is 38.2 Å². The Kier molecular flexibility index (Phi) is 8.30. The van der Waals surface area contributed by atoms with Crippen LogP contribution < -0.4 is 10.1 Å². The van der Waals surface area contributed by atoms with E-state index in [0.717, 1.165) is 25.1 Å². The normalized spacial score (nSPS) is 17.8. The molecule has 2 rings (SSSR count). The lowest BCUT2D eigenvalue weighted by atomic mass is 9.87. The Hall–Kier alpha value is -2.08. The van der Waals surface area contributed by atoms with Crippen molar-refractivity contribution in [3.63, 3.8) is 0 Å². The van der Waals surface area contributed by atoms with E-state index in [1.807, 2.05) is 24.0 Å². The number of nitrogens with zero attached hydrogens (tertiary/aromatic N) is 1. The molecule has 1 saturated heterocycles. The largest absolute Gasteiger partial charge is 0.492 e. The minimum absolute atomic E-state index is 0.0452. The summed E-state index contributed by atoms with van der Waals surface area (Å²) in [5.74, 6) is 0.478. The van der Waals surface area contributed by atoms with Gasteiger partial charge in [-0.15, -0.1) is 0 Å². The fourth-order valence-corrected chi connectivity index (χ4v) is 3.32. The van der Waals surface area contributed by atoms with Gasteiger partial charge in [0.15, 0.2) is 0 Å². The maximum Gasteiger partial charge on any atom is 0.310 e. The molecule has 0 radical (unpaired) electrons. The molecule has 0 aliphatic carbocycles. The quantitative estimate of drug-likeness (QED) is 0.546. The molecule has 0 spiro atoms. The Morgan fingerprint density at radius 1 is 1.21 bits per heavy atom. The van der Waals surface area contributed by atoms with Crippen LogP contribution in [0, 0.1) is 5.92 Å². The molecule has 1 aromatic carbocycles. The summed E-state index contributed by atoms with van der Waals surface area (Å²) in [6, 6.07) is 8.08. The molecule has 0 bridgehead atoms. The second kappa shape index (κ2) is 10.5. The molecule has 1 heterocycles. The number of likely N-dealkylation sites (tertiary alicyclic amines) is 1. The Morgan fingerprint density at radius 2 is 1.93 bits per heavy atom. The summed E-state index contributed by atoms with van der Waals surface area (Å²) in [6.07, 6.45) is 1.74. The SMILES string of the molecule is CCOC(=O)[C@H]1CCCN(CC(=O)NCCOc2ccc(C(C)(C)C)cc2)C1. The van der Waals surface area contributed by atoms with Crippen LogP contribution in [0.3, 0.4) is 0 Å². The van der Waals surface area contributed by atoms with Gasteiger partial charge in [0.25, 0.3) is 0 Å². The molecule has 156 valence electrons. The molecular weight excluding hydrogens is 356 g/mol. The van der Waals surface area contributed by atoms with Gasteiger partial charge >= 0.3 is 5.97 Å². The van der Waals surface area contributed by atoms with Gasteiger partial charge in [-0.2, -0.15) is 0 Å². The zero-order chi connectivity index (χ0) is 20.6. The third-order valence-electron chi connectivity index (χ3n) is 4.91. The number of amides is 1. The first-order valence-corrected chi connectivity index (χ1v) is 10.2. The first-order valence-electron chi connectivity index (χ1n) is 10.2. The minimum atomic E-state index is -0.154. The van der Waals surface area contributed by atoms with E-state index in [1.165, 1.54) is 5.56 Å². The lowest BCUT2D eigenvalue weighted by molar-refractivity contribution is -0.150. The molecule has 1 N–H and O–H groups in total. The Morgan fingerprint density at radius 3 is 2.57 bits per heavy atom. The summed E-state index contributed by atoms with van der Waals surface area (Å²) < 4.78 is 10.8. The average Bonchev–Trinajstić information content (AvgIpc) is 2.65. The molecular formula is C22H34N2O4. The fraction of sp³-hybridized carbons (Fsp3) is 0.636. The molecule has 1 fully saturated rings. The van der Waals surface area contributed by atoms with E-state index >= 15 is 0 Å². The highest BCUT2D eigenvalue weighted by Gasteiger charge is 2.27. The van der Waals surface area contributed by atoms with Crippen LogP contribution in [0.25, 0.3) is 0 Å². The van der Waals surface area contributed by atoms with Gasteiger partial charge in [0.2, 0.25) is 5.91 Å². The summed E-state index contributed by atoms with van der Waals surface area (Å²) in [6.45, 7) is 11.3. The van der Waals surface area contributed by atoms with Crippen molar-refractivity contribution in [1.82, 2.24) is 10.2 Å². The van der Waals surface area contributed by atoms with Gasteiger partial charge in [-0.25, -0.2) is 0 Å². The number of carbonyl (C=O) groups is 2. The Labute approximate surface area is 168 Å². The first kappa shape index (κ1) is 22.2. The van der Waals surface area contributed by atoms with E-state index in [0.29, 0.717) is 32.8 Å². The van der Waals surface area contributed by atoms with Gasteiger partial charge in [-0.05, 0) is 49.4 Å². The van der Waals surface area contributed by atoms with Gasteiger partial charge < -0.3 is 14.8 Å². The predicted molar refractivity (Wildman–Crippen MR) is 109 cm³/mol. The number of piperidine rings is 1. The molecule has 0 unspecified atom stereocenters. The topological polar surface area (TPSA) is 67.9 Å². The number of benzene rings is 1. The maximum absolute atomic E-state index is 12.2. The van der Waals surface area contributed by atoms with Crippen LogP contribution in [0.4, 0.5) is 0 Å². The second-order valence-corrected chi connectivity index (χ2v) is 8.30. The van der Waals surface area contributed by atoms with Crippen LogP contribution >= 0.6 is 0 Å². The number of ether oxygens (including phenoxy) is 2. The van der Waals surface area contributed by atoms with Gasteiger partial charge in [-0.1, -0.05) is 32.9 Å². The molecule has 0 aromatic heterocycles. The van der Waals surface area contributed by atoms with Crippen molar-refractivity contribution >= 4 is 11.9 Å². The predicted octanol–water partition coefficient (Wildman–Crippen LogP) is 2.75. The summed E-state index contributed by atoms with van der Waals surface area (Å²) >= 11 is 0. The van der Waals surface area contributed by atoms with E-state index in [9.17, 15) is 9.59 Å². The lowest BCUT2D eigenvalue weighted by Crippen LogP contribution is -2.45. The van der Waals surface area contributed by atoms with Gasteiger partial charge in [0, 0.05) is 6.54 Å². The summed E-state index contributed by atoms with van der Waals surface area (Å²) in [7, 11) is 0. The van der Waals surface area contributed by atoms with Gasteiger partial charge in [0.1, 0.15) is 12.4 Å². The third-order valence-corrected chi connectivity index (χ3v) is 4.91. The van der Waals surface area contributed by atoms with Crippen LogP contribution in [0.2, 0.25) is 0 Å². The maximum atomic E-state index is 12.2. The number of carbonyl (C=O) groups excluding carboxylic acids is 2. The van der Waals surface area contributed by atoms with Gasteiger partial charge in [-0.3, -0.25) is 14.5 Å². The highest BCUT2D eigenvalue weighted by atomic mass is 16.5. The Balaban J connectivity index is 1.66. The van der Waals surface area contributed by atoms with Crippen molar-refractivity contribution in [3.05, 3.63) is 29.8 Å². The molecule has 1 aliphatic rings. The van der Waals surface area contributed by atoms with Crippen LogP contribution in [-0.4, -0.2) is 56.2 Å². The van der Waals surface area contributed by atoms with Crippen LogP contribution in [0.15, 0.2) is 24.3 Å². The number of hydrogen-bond acceptors (Lipinski definition) is 5. The molecule has 1 aromatic rings. The van der Waals surface area contributed by atoms with Crippen LogP contribution in [0.1, 0.15) is 46.1 Å². The van der Waals surface area contributed by atoms with Crippen molar-refractivity contribution in [3.8, 4) is 5.75 Å². The van der Waals surface area contributed by atoms with E-state index < -0.39 is 0 Å². The number of nitrogens with one attached hydrogen (secondary N) is 1. The average molecular weight is 391 g/mol. The molecule has 6 nitrogen and oxygen atoms in total. The smallest absolute Gasteiger partial charge is 0.310 e. The summed E-state index contributed by atoms with van der Waals surface area (Å²) in [5, 5.41) is 2.88. The van der Waals surface area contributed by atoms with Crippen molar-refractivity contribution in [2.24, 2.45) is 5.92 Å². The monoisotopic (exact) mass is 390 g/mol. The van der Waals surface area contributed by atoms with Crippen molar-refractivity contribution in [2.45, 2.75) is 46.0 Å². The molecule has 28 heavy (non-hydrogen) atoms. The second-order valence-electron chi connectivity index (χ2n) is 8.30. The minimum Gasteiger partial charge on any atom is -0.492 e. The molecule has 1 aliphatic heterocycles. The zero-order valence-electron chi connectivity index (χ0n) is 17.6. The first-order chi connectivity index (χ1) is 13.3. The van der Waals surface area contributed by atoms with Crippen LogP contribution in [0.5, 0.6) is 5.75 Å². The molecule has 1 amide bonds. The lowest BCUT2D eigenvalue weighted by Gasteiger charge is -2.30. The standard InChI is InChI=1S/C22H34N2O4/c1-5-27-21(26)17-7-6-13-24(15-17)16-20(25)23-12-14-28-19-10-8-18(9-11-19)22(2,3)4/h8-11,17H,5-7,12-16H2,1-4H3,(H,23,25)/t17-/m0/s1. The van der Waals surface area contributed by atoms with Crippen molar-refractivity contribution in [2.75, 3.05) is 39.4 Å². The van der Waals surface area contributed by atoms with E-state index in [-0.39, 0.29) is 23.2 Å². The number of hydrogen-bond donors (Lipinski definition) is 1. The van der Waals surface area contributed by atoms with Crippen molar-refractivity contribution < 1.29 is 19.1 Å². The highest BCUT2D eigenvalue weighted by Crippen LogP contribution is 2.24. The van der Waals surface area contributed by atoms with E-state index in [1.54, 1.807) is 0 Å². The summed E-state index contributed by atoms with van der Waals surface area (Å²) in [4.78, 5) is 26.1. The van der Waals surface area contributed by atoms with Crippen molar-refractivity contribution in [1.29, 1.82) is 0 Å². The highest BCUT2D eigenvalue weighted by molar-refractivity contribution is 5.78. The zero-order valence-corrected chi connectivity index (χ0v) is 17.6. The van der Waals surface area contributed by atoms with Crippen LogP contribution in [-0.2, 0) is 19.7 Å². The molecule has 1 atom stereocenters. The number of esters is 1. The Bertz CT molecular complexity index is 637. The molecule has 6 heteroatoms. The summed E-state index contributed by atoms with van der Waals surface area (Å²) in [5.41, 5.74) is 1.38. The molecule has 0 saturated carbocycles. The number of rotatable bonds is 8.